The lowest BCUT2D eigenvalue weighted by Gasteiger charge is -2.47. The van der Waals surface area contributed by atoms with Crippen LogP contribution in [-0.2, 0) is 14.3 Å². The fourth-order valence-corrected chi connectivity index (χ4v) is 5.23. The predicted molar refractivity (Wildman–Crippen MR) is 119 cm³/mol. The van der Waals surface area contributed by atoms with Crippen molar-refractivity contribution in [2.45, 2.75) is 24.2 Å². The van der Waals surface area contributed by atoms with E-state index in [4.69, 9.17) is 14.6 Å². The number of hydrogen-bond acceptors (Lipinski definition) is 7. The van der Waals surface area contributed by atoms with Crippen molar-refractivity contribution in [1.29, 1.82) is 0 Å². The van der Waals surface area contributed by atoms with Crippen LogP contribution in [0, 0.1) is 0 Å². The zero-order valence-corrected chi connectivity index (χ0v) is 17.8. The van der Waals surface area contributed by atoms with Gasteiger partial charge in [0.1, 0.15) is 11.8 Å². The number of nitrogens with one attached hydrogen (secondary N) is 1. The molecule has 2 aliphatic carbocycles. The number of Topliss-reactive ketones (excluding diaryl/α,β-unsaturated/α-hetero) is 1. The molecule has 5 aliphatic rings. The number of morpholine rings is 1. The highest BCUT2D eigenvalue weighted by Crippen LogP contribution is 2.42. The average Bonchev–Trinajstić information content (AvgIpc) is 3.14. The van der Waals surface area contributed by atoms with Crippen LogP contribution in [-0.4, -0.2) is 64.7 Å². The molecular formula is C25H23N3O5. The van der Waals surface area contributed by atoms with Crippen LogP contribution in [0.15, 0.2) is 89.7 Å². The summed E-state index contributed by atoms with van der Waals surface area (Å²) in [7, 11) is 0. The molecule has 2 saturated heterocycles. The smallest absolute Gasteiger partial charge is 0.481 e. The Morgan fingerprint density at radius 3 is 2.88 bits per heavy atom. The van der Waals surface area contributed by atoms with E-state index in [2.05, 4.69) is 46.6 Å². The fraction of sp³-hybridized carbons (Fsp3) is 0.280. The lowest BCUT2D eigenvalue weighted by molar-refractivity contribution is -0.131. The van der Waals surface area contributed by atoms with E-state index in [0.29, 0.717) is 5.76 Å². The maximum Gasteiger partial charge on any atom is 0.511 e. The molecule has 6 rings (SSSR count). The Labute approximate surface area is 190 Å². The van der Waals surface area contributed by atoms with E-state index in [-0.39, 0.29) is 17.8 Å². The Morgan fingerprint density at radius 1 is 1.21 bits per heavy atom. The van der Waals surface area contributed by atoms with Gasteiger partial charge in [0.15, 0.2) is 11.9 Å². The van der Waals surface area contributed by atoms with E-state index >= 15 is 0 Å². The maximum absolute atomic E-state index is 12.8. The summed E-state index contributed by atoms with van der Waals surface area (Å²) in [6.45, 7) is 2.54. The molecule has 2 fully saturated rings. The third-order valence-corrected chi connectivity index (χ3v) is 6.72. The number of hydrogen-bond donors (Lipinski definition) is 2. The Kier molecular flexibility index (Phi) is 4.62. The van der Waals surface area contributed by atoms with Crippen LogP contribution in [0.1, 0.15) is 11.6 Å². The molecule has 4 atom stereocenters. The van der Waals surface area contributed by atoms with Crippen molar-refractivity contribution in [2.24, 2.45) is 0 Å². The second-order valence-corrected chi connectivity index (χ2v) is 8.63. The topological polar surface area (TPSA) is 91.3 Å². The predicted octanol–water partition coefficient (Wildman–Crippen LogP) is 2.47. The number of nitrogens with zero attached hydrogens (tertiary/aromatic N) is 2. The molecule has 3 aliphatic heterocycles. The minimum absolute atomic E-state index is 0.152. The van der Waals surface area contributed by atoms with Crippen LogP contribution in [0.4, 0.5) is 4.79 Å². The minimum Gasteiger partial charge on any atom is -0.481 e. The fourth-order valence-electron chi connectivity index (χ4n) is 5.23. The lowest BCUT2D eigenvalue weighted by Crippen LogP contribution is -2.55. The normalized spacial score (nSPS) is 29.8. The van der Waals surface area contributed by atoms with Gasteiger partial charge in [0.2, 0.25) is 5.78 Å². The van der Waals surface area contributed by atoms with Gasteiger partial charge in [0, 0.05) is 43.6 Å². The van der Waals surface area contributed by atoms with Gasteiger partial charge in [-0.1, -0.05) is 36.4 Å². The molecule has 0 saturated carbocycles. The molecule has 0 amide bonds. The molecule has 8 heteroatoms. The van der Waals surface area contributed by atoms with E-state index in [1.807, 2.05) is 29.3 Å². The molecule has 1 aromatic carbocycles. The molecule has 1 aromatic rings. The molecule has 0 radical (unpaired) electrons. The highest BCUT2D eigenvalue weighted by molar-refractivity contribution is 6.02. The molecule has 33 heavy (non-hydrogen) atoms. The molecule has 8 nitrogen and oxygen atoms in total. The summed E-state index contributed by atoms with van der Waals surface area (Å²) in [5, 5.41) is 12.6. The molecule has 2 N–H and O–H groups in total. The number of ether oxygens (including phenoxy) is 2. The molecule has 168 valence electrons. The number of ketones is 1. The second kappa shape index (κ2) is 7.67. The lowest BCUT2D eigenvalue weighted by atomic mass is 9.90. The van der Waals surface area contributed by atoms with Crippen molar-refractivity contribution in [1.82, 2.24) is 15.1 Å². The summed E-state index contributed by atoms with van der Waals surface area (Å²) in [6.07, 6.45) is 9.34. The van der Waals surface area contributed by atoms with Crippen molar-refractivity contribution < 1.29 is 24.2 Å². The first-order valence-electron chi connectivity index (χ1n) is 11.0. The molecule has 0 spiro atoms. The second-order valence-electron chi connectivity index (χ2n) is 8.63. The summed E-state index contributed by atoms with van der Waals surface area (Å²) in [5.41, 5.74) is 3.37. The number of allylic oxidation sites excluding steroid dienone is 3. The highest BCUT2D eigenvalue weighted by Gasteiger charge is 2.51. The van der Waals surface area contributed by atoms with Crippen LogP contribution in [0.25, 0.3) is 0 Å². The first-order valence-corrected chi connectivity index (χ1v) is 11.0. The van der Waals surface area contributed by atoms with E-state index in [9.17, 15) is 9.59 Å². The van der Waals surface area contributed by atoms with Gasteiger partial charge >= 0.3 is 6.16 Å². The molecule has 3 heterocycles. The van der Waals surface area contributed by atoms with Gasteiger partial charge < -0.3 is 29.7 Å². The quantitative estimate of drug-likeness (QED) is 0.686. The van der Waals surface area contributed by atoms with E-state index in [1.54, 1.807) is 6.08 Å². The zero-order chi connectivity index (χ0) is 22.5. The molecule has 0 aromatic heterocycles. The number of rotatable bonds is 3. The number of carboxylic acid groups (broad SMARTS) is 1. The Morgan fingerprint density at radius 2 is 2.06 bits per heavy atom. The van der Waals surface area contributed by atoms with Gasteiger partial charge in [-0.3, -0.25) is 4.79 Å². The van der Waals surface area contributed by atoms with Crippen molar-refractivity contribution in [3.8, 4) is 0 Å². The summed E-state index contributed by atoms with van der Waals surface area (Å²) < 4.78 is 10.9. The number of piperazine rings is 1. The summed E-state index contributed by atoms with van der Waals surface area (Å²) in [5.74, 6) is 0.0633. The summed E-state index contributed by atoms with van der Waals surface area (Å²) in [4.78, 5) is 28.2. The zero-order valence-electron chi connectivity index (χ0n) is 17.8. The SMILES string of the molecule is O=C(O)OC1=CC2C(OC3=CC(N4CCNC(c5ccccc5)C4)=CC4=CC=CN2C43)C1=O. The molecule has 4 unspecified atom stereocenters. The number of fused-ring (bicyclic) bond motifs is 2. The Bertz CT molecular complexity index is 1170. The van der Waals surface area contributed by atoms with Crippen LogP contribution >= 0.6 is 0 Å². The number of carbonyl (C=O) groups is 2. The first-order chi connectivity index (χ1) is 16.1. The number of carbonyl (C=O) groups excluding carboxylic acids is 1. The van der Waals surface area contributed by atoms with E-state index < -0.39 is 24.1 Å². The molecular weight excluding hydrogens is 422 g/mol. The van der Waals surface area contributed by atoms with Gasteiger partial charge in [-0.05, 0) is 29.4 Å². The number of benzene rings is 1. The van der Waals surface area contributed by atoms with Crippen LogP contribution in [0.5, 0.6) is 0 Å². The first kappa shape index (κ1) is 19.9. The largest absolute Gasteiger partial charge is 0.511 e. The standard InChI is InChI=1S/C25H23N3O5/c29-23-21(33-25(30)31)13-19-24(23)32-20-12-17(11-16-7-4-9-28(19)22(16)20)27-10-8-26-18(14-27)15-5-2-1-3-6-15/h1-7,9,11-13,18-19,22,24,26H,8,10,14H2,(H,30,31). The Hall–Kier alpha value is -3.78. The third-order valence-electron chi connectivity index (χ3n) is 6.72. The minimum atomic E-state index is -1.50. The molecule has 0 bridgehead atoms. The van der Waals surface area contributed by atoms with Crippen molar-refractivity contribution in [3.05, 3.63) is 95.3 Å². The van der Waals surface area contributed by atoms with Crippen LogP contribution < -0.4 is 5.32 Å². The van der Waals surface area contributed by atoms with Gasteiger partial charge in [-0.25, -0.2) is 4.79 Å². The van der Waals surface area contributed by atoms with Crippen LogP contribution in [0.3, 0.4) is 0 Å². The van der Waals surface area contributed by atoms with Crippen molar-refractivity contribution in [3.63, 3.8) is 0 Å². The van der Waals surface area contributed by atoms with E-state index in [0.717, 1.165) is 30.9 Å². The van der Waals surface area contributed by atoms with Crippen LogP contribution in [0.2, 0.25) is 0 Å². The van der Waals surface area contributed by atoms with Crippen molar-refractivity contribution >= 4 is 11.9 Å². The monoisotopic (exact) mass is 445 g/mol. The van der Waals surface area contributed by atoms with Gasteiger partial charge in [0.05, 0.1) is 6.04 Å². The summed E-state index contributed by atoms with van der Waals surface area (Å²) in [6, 6.07) is 10.1. The van der Waals surface area contributed by atoms with Gasteiger partial charge in [-0.2, -0.15) is 0 Å². The van der Waals surface area contributed by atoms with Gasteiger partial charge in [0.25, 0.3) is 0 Å². The highest BCUT2D eigenvalue weighted by atomic mass is 16.7. The maximum atomic E-state index is 12.8. The van der Waals surface area contributed by atoms with Gasteiger partial charge in [-0.15, -0.1) is 0 Å². The van der Waals surface area contributed by atoms with Crippen molar-refractivity contribution in [2.75, 3.05) is 19.6 Å². The van der Waals surface area contributed by atoms with E-state index in [1.165, 1.54) is 5.56 Å². The summed E-state index contributed by atoms with van der Waals surface area (Å²) >= 11 is 0. The Balaban J connectivity index is 1.29. The average molecular weight is 445 g/mol. The third kappa shape index (κ3) is 3.34.